The third-order valence-electron chi connectivity index (χ3n) is 2.47. The fraction of sp³-hybridized carbons (Fsp3) is 0.385. The van der Waals surface area contributed by atoms with Crippen molar-refractivity contribution in [2.24, 2.45) is 5.92 Å². The van der Waals surface area contributed by atoms with Crippen LogP contribution in [0.4, 0.5) is 4.39 Å². The summed E-state index contributed by atoms with van der Waals surface area (Å²) in [7, 11) is 0. The summed E-state index contributed by atoms with van der Waals surface area (Å²) in [5, 5.41) is 0.863. The van der Waals surface area contributed by atoms with Gasteiger partial charge in [-0.2, -0.15) is 0 Å². The molecule has 0 atom stereocenters. The fourth-order valence-corrected chi connectivity index (χ4v) is 2.17. The van der Waals surface area contributed by atoms with Crippen molar-refractivity contribution in [1.82, 2.24) is 0 Å². The van der Waals surface area contributed by atoms with Crippen molar-refractivity contribution in [2.75, 3.05) is 5.33 Å². The highest BCUT2D eigenvalue weighted by Gasteiger charge is 2.03. The van der Waals surface area contributed by atoms with Gasteiger partial charge in [0.05, 0.1) is 0 Å². The van der Waals surface area contributed by atoms with Crippen LogP contribution in [0.5, 0.6) is 0 Å². The zero-order chi connectivity index (χ0) is 11.4. The molecule has 0 saturated carbocycles. The predicted molar refractivity (Wildman–Crippen MR) is 67.7 cm³/mol. The SMILES string of the molecule is Cc1cc(F)ccc1/C=C(\CBr)C(C)C. The van der Waals surface area contributed by atoms with E-state index in [1.807, 2.05) is 13.0 Å². The molecular weight excluding hydrogens is 255 g/mol. The first-order valence-electron chi connectivity index (χ1n) is 5.07. The maximum Gasteiger partial charge on any atom is 0.123 e. The van der Waals surface area contributed by atoms with Gasteiger partial charge in [-0.15, -0.1) is 0 Å². The smallest absolute Gasteiger partial charge is 0.123 e. The van der Waals surface area contributed by atoms with E-state index in [1.165, 1.54) is 11.6 Å². The third kappa shape index (κ3) is 3.45. The molecule has 0 heterocycles. The van der Waals surface area contributed by atoms with Crippen LogP contribution >= 0.6 is 15.9 Å². The van der Waals surface area contributed by atoms with E-state index in [0.717, 1.165) is 16.5 Å². The highest BCUT2D eigenvalue weighted by molar-refractivity contribution is 9.09. The molecule has 0 saturated heterocycles. The number of hydrogen-bond acceptors (Lipinski definition) is 0. The second-order valence-electron chi connectivity index (χ2n) is 4.01. The van der Waals surface area contributed by atoms with E-state index in [9.17, 15) is 4.39 Å². The van der Waals surface area contributed by atoms with E-state index < -0.39 is 0 Å². The summed E-state index contributed by atoms with van der Waals surface area (Å²) in [4.78, 5) is 0. The Hall–Kier alpha value is -0.630. The van der Waals surface area contributed by atoms with Crippen LogP contribution in [0.1, 0.15) is 25.0 Å². The Morgan fingerprint density at radius 3 is 2.60 bits per heavy atom. The highest BCUT2D eigenvalue weighted by atomic mass is 79.9. The van der Waals surface area contributed by atoms with Crippen LogP contribution in [0, 0.1) is 18.7 Å². The van der Waals surface area contributed by atoms with Gasteiger partial charge in [-0.1, -0.05) is 47.5 Å². The Labute approximate surface area is 99.3 Å². The molecule has 0 aliphatic carbocycles. The summed E-state index contributed by atoms with van der Waals surface area (Å²) in [5.74, 6) is 0.336. The van der Waals surface area contributed by atoms with E-state index in [0.29, 0.717) is 5.92 Å². The van der Waals surface area contributed by atoms with Crippen LogP contribution < -0.4 is 0 Å². The number of rotatable bonds is 3. The van der Waals surface area contributed by atoms with Gasteiger partial charge in [-0.25, -0.2) is 4.39 Å². The van der Waals surface area contributed by atoms with Crippen molar-refractivity contribution in [1.29, 1.82) is 0 Å². The number of allylic oxidation sites excluding steroid dienone is 1. The van der Waals surface area contributed by atoms with Gasteiger partial charge in [0.25, 0.3) is 0 Å². The molecule has 0 nitrogen and oxygen atoms in total. The van der Waals surface area contributed by atoms with Gasteiger partial charge in [-0.05, 0) is 36.1 Å². The van der Waals surface area contributed by atoms with E-state index in [2.05, 4.69) is 35.9 Å². The van der Waals surface area contributed by atoms with Crippen LogP contribution in [0.3, 0.4) is 0 Å². The molecule has 0 N–H and O–H groups in total. The number of benzene rings is 1. The summed E-state index contributed by atoms with van der Waals surface area (Å²) in [5.41, 5.74) is 3.40. The first-order valence-corrected chi connectivity index (χ1v) is 6.19. The lowest BCUT2D eigenvalue weighted by Crippen LogP contribution is -1.95. The lowest BCUT2D eigenvalue weighted by molar-refractivity contribution is 0.626. The Bertz CT molecular complexity index is 367. The summed E-state index contributed by atoms with van der Waals surface area (Å²) in [6, 6.07) is 4.90. The van der Waals surface area contributed by atoms with Crippen molar-refractivity contribution in [3.8, 4) is 0 Å². The second kappa shape index (κ2) is 5.45. The van der Waals surface area contributed by atoms with Crippen LogP contribution in [-0.4, -0.2) is 5.33 Å². The quantitative estimate of drug-likeness (QED) is 0.706. The maximum atomic E-state index is 12.9. The molecule has 2 heteroatoms. The molecule has 0 aliphatic rings. The molecule has 1 aromatic carbocycles. The predicted octanol–water partition coefficient (Wildman–Crippen LogP) is 4.57. The summed E-state index contributed by atoms with van der Waals surface area (Å²) in [6.07, 6.45) is 2.13. The Kier molecular flexibility index (Phi) is 4.52. The molecule has 0 aromatic heterocycles. The van der Waals surface area contributed by atoms with Gasteiger partial charge in [-0.3, -0.25) is 0 Å². The number of alkyl halides is 1. The highest BCUT2D eigenvalue weighted by Crippen LogP contribution is 2.19. The van der Waals surface area contributed by atoms with E-state index >= 15 is 0 Å². The molecule has 0 spiro atoms. The Morgan fingerprint density at radius 1 is 1.47 bits per heavy atom. The standard InChI is InChI=1S/C13H16BrF/c1-9(2)12(8-14)7-11-4-5-13(15)6-10(11)3/h4-7,9H,8H2,1-3H3/b12-7+. The monoisotopic (exact) mass is 270 g/mol. The number of hydrogen-bond donors (Lipinski definition) is 0. The average Bonchev–Trinajstić information content (AvgIpc) is 2.16. The molecule has 0 amide bonds. The van der Waals surface area contributed by atoms with Crippen molar-refractivity contribution in [2.45, 2.75) is 20.8 Å². The number of halogens is 2. The minimum Gasteiger partial charge on any atom is -0.207 e. The van der Waals surface area contributed by atoms with Crippen molar-refractivity contribution in [3.05, 3.63) is 40.7 Å². The van der Waals surface area contributed by atoms with E-state index in [4.69, 9.17) is 0 Å². The molecule has 0 radical (unpaired) electrons. The van der Waals surface area contributed by atoms with Crippen molar-refractivity contribution < 1.29 is 4.39 Å². The van der Waals surface area contributed by atoms with E-state index in [-0.39, 0.29) is 5.82 Å². The van der Waals surface area contributed by atoms with E-state index in [1.54, 1.807) is 6.07 Å². The molecule has 0 fully saturated rings. The van der Waals surface area contributed by atoms with Crippen LogP contribution in [-0.2, 0) is 0 Å². The van der Waals surface area contributed by atoms with Gasteiger partial charge in [0.1, 0.15) is 5.82 Å². The van der Waals surface area contributed by atoms with Crippen LogP contribution in [0.2, 0.25) is 0 Å². The fourth-order valence-electron chi connectivity index (χ4n) is 1.36. The molecule has 0 unspecified atom stereocenters. The summed E-state index contributed by atoms with van der Waals surface area (Å²) < 4.78 is 12.9. The van der Waals surface area contributed by atoms with Crippen LogP contribution in [0.25, 0.3) is 6.08 Å². The molecule has 82 valence electrons. The lowest BCUT2D eigenvalue weighted by atomic mass is 10.00. The topological polar surface area (TPSA) is 0 Å². The van der Waals surface area contributed by atoms with Gasteiger partial charge >= 0.3 is 0 Å². The molecular formula is C13H16BrF. The average molecular weight is 271 g/mol. The van der Waals surface area contributed by atoms with Gasteiger partial charge in [0, 0.05) is 5.33 Å². The van der Waals surface area contributed by atoms with Gasteiger partial charge in [0.2, 0.25) is 0 Å². The summed E-state index contributed by atoms with van der Waals surface area (Å²) >= 11 is 3.47. The Morgan fingerprint density at radius 2 is 2.13 bits per heavy atom. The second-order valence-corrected chi connectivity index (χ2v) is 4.57. The zero-order valence-electron chi connectivity index (χ0n) is 9.35. The zero-order valence-corrected chi connectivity index (χ0v) is 10.9. The van der Waals surface area contributed by atoms with Gasteiger partial charge < -0.3 is 0 Å². The first-order chi connectivity index (χ1) is 7.04. The minimum atomic E-state index is -0.172. The maximum absolute atomic E-state index is 12.9. The molecule has 0 aliphatic heterocycles. The van der Waals surface area contributed by atoms with Crippen LogP contribution in [0.15, 0.2) is 23.8 Å². The minimum absolute atomic E-state index is 0.172. The van der Waals surface area contributed by atoms with Crippen molar-refractivity contribution >= 4 is 22.0 Å². The number of aryl methyl sites for hydroxylation is 1. The first kappa shape index (κ1) is 12.4. The summed E-state index contributed by atoms with van der Waals surface area (Å²) in [6.45, 7) is 6.25. The van der Waals surface area contributed by atoms with Gasteiger partial charge in [0.15, 0.2) is 0 Å². The van der Waals surface area contributed by atoms with Crippen molar-refractivity contribution in [3.63, 3.8) is 0 Å². The largest absolute Gasteiger partial charge is 0.207 e. The molecule has 15 heavy (non-hydrogen) atoms. The lowest BCUT2D eigenvalue weighted by Gasteiger charge is -2.09. The third-order valence-corrected chi connectivity index (χ3v) is 3.12. The Balaban J connectivity index is 3.06. The molecule has 1 aromatic rings. The normalized spacial score (nSPS) is 12.3. The molecule has 0 bridgehead atoms. The molecule has 1 rings (SSSR count).